The predicted molar refractivity (Wildman–Crippen MR) is 569 cm³/mol. The Hall–Kier alpha value is -16.0. The zero-order valence-corrected chi connectivity index (χ0v) is 87.3. The van der Waals surface area contributed by atoms with Gasteiger partial charge in [0.1, 0.15) is 74.8 Å². The summed E-state index contributed by atoms with van der Waals surface area (Å²) < 4.78 is 43.8. The summed E-state index contributed by atoms with van der Waals surface area (Å²) in [5.41, 5.74) is 17.7. The summed E-state index contributed by atoms with van der Waals surface area (Å²) in [5, 5.41) is 43.8. The summed E-state index contributed by atoms with van der Waals surface area (Å²) in [6.45, 7) is 20.9. The van der Waals surface area contributed by atoms with E-state index in [1.54, 1.807) is 295 Å². The number of aliphatic imine (C=N–C) groups is 1. The first-order valence-corrected chi connectivity index (χ1v) is 47.9. The quantitative estimate of drug-likeness (QED) is 0.0473. The van der Waals surface area contributed by atoms with Crippen LogP contribution in [0.3, 0.4) is 0 Å². The van der Waals surface area contributed by atoms with E-state index in [0.717, 1.165) is 39.8 Å². The van der Waals surface area contributed by atoms with E-state index in [2.05, 4.69) is 92.1 Å². The fourth-order valence-corrected chi connectivity index (χ4v) is 15.9. The number of hydrogen-bond acceptors (Lipinski definition) is 24. The molecule has 0 atom stereocenters. The molecule has 5 amide bonds. The molecule has 752 valence electrons. The van der Waals surface area contributed by atoms with Gasteiger partial charge in [-0.25, -0.2) is 14.5 Å². The number of nitrogens with one attached hydrogen (secondary N) is 5. The second-order valence-corrected chi connectivity index (χ2v) is 32.3. The number of ether oxygens (including phenoxy) is 6. The molecule has 2 aliphatic heterocycles. The zero-order chi connectivity index (χ0) is 105. The lowest BCUT2D eigenvalue weighted by Crippen LogP contribution is -2.17. The van der Waals surface area contributed by atoms with Crippen molar-refractivity contribution in [3.8, 4) is 85.0 Å². The molecule has 0 saturated heterocycles. The van der Waals surface area contributed by atoms with Crippen LogP contribution < -0.4 is 50.3 Å². The Morgan fingerprint density at radius 2 is 0.731 bits per heavy atom. The maximum absolute atomic E-state index is 12.9. The topological polar surface area (TPSA) is 401 Å². The number of benzene rings is 5. The monoisotopic (exact) mass is 2060 g/mol. The molecule has 3 aliphatic rings. The molecule has 0 radical (unpaired) electrons. The number of allylic oxidation sites excluding steroid dienone is 1. The van der Waals surface area contributed by atoms with E-state index in [1.807, 2.05) is 81.4 Å². The summed E-state index contributed by atoms with van der Waals surface area (Å²) in [5.74, 6) is 1.56. The summed E-state index contributed by atoms with van der Waals surface area (Å²) in [4.78, 5) is 93.5. The molecule has 14 heterocycles. The fourth-order valence-electron chi connectivity index (χ4n) is 15.0. The van der Waals surface area contributed by atoms with E-state index >= 15 is 0 Å². The molecule has 12 aromatic heterocycles. The van der Waals surface area contributed by atoms with Gasteiger partial charge < -0.3 is 55.0 Å². The Kier molecular flexibility index (Phi) is 39.3. The van der Waals surface area contributed by atoms with Gasteiger partial charge in [-0.3, -0.25) is 76.7 Å². The third kappa shape index (κ3) is 26.1. The Labute approximate surface area is 863 Å². The van der Waals surface area contributed by atoms with Gasteiger partial charge >= 0.3 is 0 Å². The number of imidazole rings is 1. The summed E-state index contributed by atoms with van der Waals surface area (Å²) in [6, 6.07) is 28.0. The molecule has 0 bridgehead atoms. The van der Waals surface area contributed by atoms with Gasteiger partial charge in [-0.05, 0) is 120 Å². The van der Waals surface area contributed by atoms with Crippen LogP contribution in [-0.2, 0) is 66.0 Å². The number of aromatic nitrogens is 19. The van der Waals surface area contributed by atoms with Gasteiger partial charge in [0.25, 0.3) is 29.5 Å². The van der Waals surface area contributed by atoms with Gasteiger partial charge in [0.2, 0.25) is 0 Å². The number of aryl methyl sites for hydroxylation is 5. The molecule has 5 N–H and O–H groups in total. The van der Waals surface area contributed by atoms with Gasteiger partial charge in [-0.15, -0.1) is 0 Å². The molecule has 1 aliphatic carbocycles. The molecule has 145 heavy (non-hydrogen) atoms. The number of pyridine rings is 3. The minimum Gasteiger partial charge on any atom is -0.496 e. The number of carbonyl (C=O) groups is 5. The van der Waals surface area contributed by atoms with E-state index in [0.29, 0.717) is 198 Å². The van der Waals surface area contributed by atoms with Crippen LogP contribution in [0.1, 0.15) is 149 Å². The van der Waals surface area contributed by atoms with Gasteiger partial charge in [-0.2, -0.15) is 30.6 Å². The third-order valence-electron chi connectivity index (χ3n) is 21.2. The maximum Gasteiger partial charge on any atom is 0.276 e. The van der Waals surface area contributed by atoms with Gasteiger partial charge in [0.05, 0.1) is 124 Å². The SMILES string of the molecule is CC.CC.CC.CC.CC.COc1ccc(Cl)cc1-c1nn(C)cc1NC(=O)c1cncc2c1C=CC2.COc1ccc(Cl)cc1-c1nn(C)cc1NC(=O)c1cncc2c1COC2.COc1ccc(Cl)cc1-c1nn(C)cc1NC(=O)c1cncc2c1N=CC2.COc1ccc(Cl)cc1-c1nn(C)cc1NC(=O)c1cncc2ccnn12.COc1ccc(Cl)cc1-c1nn(C)cc1NC(=O)c1cncn2ccnc12. The van der Waals surface area contributed by atoms with E-state index < -0.39 is 0 Å². The number of amides is 5. The van der Waals surface area contributed by atoms with Gasteiger partial charge in [0, 0.05) is 199 Å². The Morgan fingerprint density at radius 3 is 1.15 bits per heavy atom. The molecular formula is C104H110Cl5N25O11. The van der Waals surface area contributed by atoms with Gasteiger partial charge in [-0.1, -0.05) is 139 Å². The van der Waals surface area contributed by atoms with Crippen LogP contribution in [0.15, 0.2) is 220 Å². The Balaban J connectivity index is 0.000000169. The van der Waals surface area contributed by atoms with Crippen LogP contribution in [0, 0.1) is 0 Å². The Morgan fingerprint density at radius 1 is 0.372 bits per heavy atom. The first-order chi connectivity index (χ1) is 70.3. The number of nitrogens with zero attached hydrogens (tertiary/aromatic N) is 20. The second kappa shape index (κ2) is 52.1. The van der Waals surface area contributed by atoms with Crippen LogP contribution >= 0.6 is 58.0 Å². The lowest BCUT2D eigenvalue weighted by Gasteiger charge is -2.11. The number of halogens is 5. The van der Waals surface area contributed by atoms with E-state index in [9.17, 15) is 24.0 Å². The van der Waals surface area contributed by atoms with Crippen molar-refractivity contribution in [2.75, 3.05) is 62.1 Å². The lowest BCUT2D eigenvalue weighted by molar-refractivity contribution is 0.101. The van der Waals surface area contributed by atoms with E-state index in [-0.39, 0.29) is 29.5 Å². The highest BCUT2D eigenvalue weighted by Gasteiger charge is 2.29. The molecule has 0 unspecified atom stereocenters. The molecule has 41 heteroatoms. The highest BCUT2D eigenvalue weighted by Crippen LogP contribution is 2.43. The number of carbonyl (C=O) groups excluding carboxylic acids is 5. The number of hydrogen-bond donors (Lipinski definition) is 5. The summed E-state index contributed by atoms with van der Waals surface area (Å²) in [7, 11) is 16.8. The smallest absolute Gasteiger partial charge is 0.276 e. The average molecular weight is 2060 g/mol. The normalized spacial score (nSPS) is 11.2. The number of fused-ring (bicyclic) bond motifs is 5. The average Bonchev–Trinajstić information content (AvgIpc) is 1.67. The largest absolute Gasteiger partial charge is 0.496 e. The van der Waals surface area contributed by atoms with Crippen LogP contribution in [0.2, 0.25) is 25.1 Å². The number of anilines is 5. The van der Waals surface area contributed by atoms with Crippen LogP contribution in [0.4, 0.5) is 34.1 Å². The Bertz CT molecular complexity index is 7140. The van der Waals surface area contributed by atoms with Crippen LogP contribution in [-0.4, -0.2) is 164 Å². The standard InChI is InChI=1S/C20H17ClN4O2.C19H16ClN5O2.C19H17ClN4O3.2C18H15ClN6O2.5C2H6/c1-25-11-17(19(24-25)15-8-13(21)6-7-18(15)27-2)23-20(26)16-10-22-9-12-4-3-5-14(12)16;1-25-10-15(18(24-25)13-7-12(20)3-4-16(13)27-2)23-19(26)14-9-21-8-11-5-6-22-17(11)14;1-24-8-16(18(23-24)13-5-12(20)3-4-17(13)26-2)22-19(25)14-7-21-6-11-9-27-10-15(11)14;1-24-9-14(16(23-24)12-7-11(19)3-4-15(12)27-2)22-18(26)13-8-20-10-25-6-5-21-17(13)25;1-24-10-14(17(23-24)13-7-11(19)3-4-16(13)27-2)22-18(26)15-9-20-8-12-5-6-21-25(12)15;5*1-2/h3,5-11H,4H2,1-2H3,(H,23,26);3-4,6-10H,5H2,1-2H3,(H,23,26);3-8H,9-10H2,1-2H3,(H,22,25);2*3-10H,1-2H3,(H,22,26);5*1-2H3. The third-order valence-corrected chi connectivity index (χ3v) is 22.3. The van der Waals surface area contributed by atoms with Crippen LogP contribution in [0.5, 0.6) is 28.7 Å². The first-order valence-electron chi connectivity index (χ1n) is 46.0. The highest BCUT2D eigenvalue weighted by atomic mass is 35.5. The zero-order valence-electron chi connectivity index (χ0n) is 83.5. The van der Waals surface area contributed by atoms with Crippen molar-refractivity contribution in [3.63, 3.8) is 0 Å². The molecule has 5 aromatic carbocycles. The summed E-state index contributed by atoms with van der Waals surface area (Å²) >= 11 is 30.7. The number of rotatable bonds is 20. The molecule has 0 saturated carbocycles. The van der Waals surface area contributed by atoms with Crippen molar-refractivity contribution < 1.29 is 52.4 Å². The molecule has 0 spiro atoms. The minimum atomic E-state index is -0.355. The molecule has 17 aromatic rings. The van der Waals surface area contributed by atoms with Crippen molar-refractivity contribution in [3.05, 3.63) is 296 Å². The minimum absolute atomic E-state index is 0.235. The lowest BCUT2D eigenvalue weighted by atomic mass is 10.1. The highest BCUT2D eigenvalue weighted by molar-refractivity contribution is 6.32. The van der Waals surface area contributed by atoms with Crippen LogP contribution in [0.25, 0.3) is 73.5 Å². The molecular weight excluding hydrogens is 1950 g/mol. The van der Waals surface area contributed by atoms with Crippen molar-refractivity contribution in [1.29, 1.82) is 0 Å². The van der Waals surface area contributed by atoms with Crippen molar-refractivity contribution in [1.82, 2.24) is 92.8 Å². The predicted octanol–water partition coefficient (Wildman–Crippen LogP) is 22.3. The fraction of sp³-hybridized carbons (Fsp3) is 0.231. The summed E-state index contributed by atoms with van der Waals surface area (Å²) in [6.07, 6.45) is 36.9. The van der Waals surface area contributed by atoms with Crippen molar-refractivity contribution in [2.45, 2.75) is 95.3 Å². The van der Waals surface area contributed by atoms with E-state index in [4.69, 9.17) is 86.4 Å². The molecule has 20 rings (SSSR count). The first kappa shape index (κ1) is 109. The maximum atomic E-state index is 12.9. The number of methoxy groups -OCH3 is 5. The van der Waals surface area contributed by atoms with Crippen molar-refractivity contribution >= 4 is 145 Å². The van der Waals surface area contributed by atoms with Gasteiger partial charge in [0.15, 0.2) is 5.65 Å². The van der Waals surface area contributed by atoms with E-state index in [1.165, 1.54) is 23.1 Å². The second-order valence-electron chi connectivity index (χ2n) is 30.1. The van der Waals surface area contributed by atoms with Crippen molar-refractivity contribution in [2.24, 2.45) is 40.2 Å². The molecule has 36 nitrogen and oxygen atoms in total. The molecule has 0 fully saturated rings.